The van der Waals surface area contributed by atoms with Crippen LogP contribution in [0.15, 0.2) is 60.7 Å². The van der Waals surface area contributed by atoms with Gasteiger partial charge in [-0.05, 0) is 92.4 Å². The topological polar surface area (TPSA) is 58.6 Å². The van der Waals surface area contributed by atoms with Crippen LogP contribution in [0.2, 0.25) is 0 Å². The quantitative estimate of drug-likeness (QED) is 0.567. The Bertz CT molecular complexity index is 1170. The average molecular weight is 429 g/mol. The molecule has 1 saturated heterocycles. The molecule has 1 aliphatic heterocycles. The monoisotopic (exact) mass is 428 g/mol. The van der Waals surface area contributed by atoms with E-state index in [9.17, 15) is 9.59 Å². The molecular formula is C27H28N2O3. The highest BCUT2D eigenvalue weighted by Gasteiger charge is 2.35. The van der Waals surface area contributed by atoms with Crippen LogP contribution in [0.25, 0.3) is 0 Å². The number of hydrogen-bond donors (Lipinski definition) is 1. The van der Waals surface area contributed by atoms with Crippen LogP contribution in [-0.4, -0.2) is 18.4 Å². The predicted octanol–water partition coefficient (Wildman–Crippen LogP) is 5.70. The number of nitrogens with zero attached hydrogens (tertiary/aromatic N) is 1. The van der Waals surface area contributed by atoms with Gasteiger partial charge in [0, 0.05) is 24.3 Å². The summed E-state index contributed by atoms with van der Waals surface area (Å²) in [5.74, 6) is 0.933. The maximum absolute atomic E-state index is 12.8. The lowest BCUT2D eigenvalue weighted by Gasteiger charge is -2.19. The number of hydrogen-bond acceptors (Lipinski definition) is 3. The first-order valence-corrected chi connectivity index (χ1v) is 10.8. The fourth-order valence-corrected chi connectivity index (χ4v) is 3.89. The second kappa shape index (κ2) is 8.87. The van der Waals surface area contributed by atoms with Gasteiger partial charge in [-0.15, -0.1) is 0 Å². The fraction of sp³-hybridized carbons (Fsp3) is 0.259. The Kier molecular flexibility index (Phi) is 5.99. The van der Waals surface area contributed by atoms with Crippen molar-refractivity contribution in [2.24, 2.45) is 5.92 Å². The number of benzene rings is 3. The van der Waals surface area contributed by atoms with Crippen LogP contribution in [0.3, 0.4) is 0 Å². The van der Waals surface area contributed by atoms with Gasteiger partial charge in [-0.3, -0.25) is 9.59 Å². The summed E-state index contributed by atoms with van der Waals surface area (Å²) in [6.45, 7) is 8.49. The van der Waals surface area contributed by atoms with E-state index in [1.54, 1.807) is 4.90 Å². The van der Waals surface area contributed by atoms with Crippen molar-refractivity contribution < 1.29 is 14.3 Å². The third-order valence-electron chi connectivity index (χ3n) is 5.99. The molecule has 0 aromatic heterocycles. The number of nitrogens with one attached hydrogen (secondary N) is 1. The Morgan fingerprint density at radius 2 is 1.56 bits per heavy atom. The van der Waals surface area contributed by atoms with Gasteiger partial charge in [-0.2, -0.15) is 0 Å². The van der Waals surface area contributed by atoms with Crippen LogP contribution >= 0.6 is 0 Å². The molecule has 4 rings (SSSR count). The normalized spacial score (nSPS) is 15.7. The highest BCUT2D eigenvalue weighted by Crippen LogP contribution is 2.30. The molecule has 32 heavy (non-hydrogen) atoms. The predicted molar refractivity (Wildman–Crippen MR) is 127 cm³/mol. The van der Waals surface area contributed by atoms with Gasteiger partial charge in [0.05, 0.1) is 5.92 Å². The van der Waals surface area contributed by atoms with E-state index in [-0.39, 0.29) is 24.2 Å². The van der Waals surface area contributed by atoms with Crippen molar-refractivity contribution in [3.63, 3.8) is 0 Å². The van der Waals surface area contributed by atoms with Crippen molar-refractivity contribution in [2.75, 3.05) is 16.8 Å². The molecule has 0 aliphatic carbocycles. The zero-order chi connectivity index (χ0) is 22.8. The molecule has 2 amide bonds. The molecule has 1 atom stereocenters. The highest BCUT2D eigenvalue weighted by molar-refractivity contribution is 6.03. The molecule has 0 saturated carbocycles. The van der Waals surface area contributed by atoms with E-state index >= 15 is 0 Å². The minimum absolute atomic E-state index is 0.0176. The third-order valence-corrected chi connectivity index (χ3v) is 5.99. The van der Waals surface area contributed by atoms with Crippen LogP contribution in [-0.2, 0) is 9.59 Å². The Balaban J connectivity index is 1.39. The molecule has 0 spiro atoms. The van der Waals surface area contributed by atoms with Crippen LogP contribution in [0, 0.1) is 33.6 Å². The number of amides is 2. The number of aryl methyl sites for hydroxylation is 4. The second-order valence-corrected chi connectivity index (χ2v) is 8.56. The van der Waals surface area contributed by atoms with Gasteiger partial charge in [0.1, 0.15) is 11.5 Å². The minimum atomic E-state index is -0.381. The number of carbonyl (C=O) groups is 2. The standard InChI is InChI=1S/C27H28N2O3/c1-17-5-6-19(3)25(13-17)29-16-21(15-26(29)30)27(31)28-22-8-11-23(12-9-22)32-24-10-7-18(2)20(4)14-24/h5-14,21H,15-16H2,1-4H3,(H,28,31)/t21-/m1/s1. The van der Waals surface area contributed by atoms with E-state index in [4.69, 9.17) is 4.74 Å². The molecule has 0 bridgehead atoms. The van der Waals surface area contributed by atoms with Gasteiger partial charge in [0.15, 0.2) is 0 Å². The van der Waals surface area contributed by atoms with Crippen molar-refractivity contribution in [2.45, 2.75) is 34.1 Å². The molecule has 1 heterocycles. The average Bonchev–Trinajstić information content (AvgIpc) is 3.15. The Morgan fingerprint density at radius 1 is 0.875 bits per heavy atom. The lowest BCUT2D eigenvalue weighted by molar-refractivity contribution is -0.122. The molecule has 5 nitrogen and oxygen atoms in total. The zero-order valence-electron chi connectivity index (χ0n) is 18.9. The van der Waals surface area contributed by atoms with Gasteiger partial charge >= 0.3 is 0 Å². The van der Waals surface area contributed by atoms with Crippen LogP contribution < -0.4 is 15.0 Å². The molecule has 5 heteroatoms. The van der Waals surface area contributed by atoms with E-state index < -0.39 is 0 Å². The summed E-state index contributed by atoms with van der Waals surface area (Å²) in [7, 11) is 0. The molecule has 164 valence electrons. The van der Waals surface area contributed by atoms with Gasteiger partial charge in [-0.25, -0.2) is 0 Å². The largest absolute Gasteiger partial charge is 0.457 e. The maximum Gasteiger partial charge on any atom is 0.229 e. The van der Waals surface area contributed by atoms with Crippen molar-refractivity contribution in [3.05, 3.63) is 82.9 Å². The Morgan fingerprint density at radius 3 is 2.28 bits per heavy atom. The van der Waals surface area contributed by atoms with Gasteiger partial charge < -0.3 is 15.0 Å². The van der Waals surface area contributed by atoms with Crippen molar-refractivity contribution in [1.29, 1.82) is 0 Å². The number of rotatable bonds is 5. The van der Waals surface area contributed by atoms with Crippen molar-refractivity contribution >= 4 is 23.2 Å². The first kappa shape index (κ1) is 21.6. The summed E-state index contributed by atoms with van der Waals surface area (Å²) in [4.78, 5) is 27.1. The second-order valence-electron chi connectivity index (χ2n) is 8.56. The van der Waals surface area contributed by atoms with E-state index in [0.29, 0.717) is 18.0 Å². The zero-order valence-corrected chi connectivity index (χ0v) is 18.9. The lowest BCUT2D eigenvalue weighted by Crippen LogP contribution is -2.28. The number of carbonyl (C=O) groups excluding carboxylic acids is 2. The molecule has 0 unspecified atom stereocenters. The van der Waals surface area contributed by atoms with E-state index in [2.05, 4.69) is 19.2 Å². The van der Waals surface area contributed by atoms with E-state index in [0.717, 1.165) is 22.6 Å². The van der Waals surface area contributed by atoms with Gasteiger partial charge in [-0.1, -0.05) is 18.2 Å². The maximum atomic E-state index is 12.8. The summed E-state index contributed by atoms with van der Waals surface area (Å²) in [5, 5.41) is 2.94. The van der Waals surface area contributed by atoms with E-state index in [1.165, 1.54) is 11.1 Å². The van der Waals surface area contributed by atoms with Crippen LogP contribution in [0.1, 0.15) is 28.7 Å². The number of ether oxygens (including phenoxy) is 1. The van der Waals surface area contributed by atoms with Crippen molar-refractivity contribution in [3.8, 4) is 11.5 Å². The molecule has 1 N–H and O–H groups in total. The van der Waals surface area contributed by atoms with Crippen LogP contribution in [0.5, 0.6) is 11.5 Å². The molecule has 0 radical (unpaired) electrons. The molecule has 3 aromatic carbocycles. The lowest BCUT2D eigenvalue weighted by atomic mass is 10.1. The first-order valence-electron chi connectivity index (χ1n) is 10.8. The first-order chi connectivity index (χ1) is 15.3. The third kappa shape index (κ3) is 4.67. The fourth-order valence-electron chi connectivity index (χ4n) is 3.89. The summed E-state index contributed by atoms with van der Waals surface area (Å²) >= 11 is 0. The highest BCUT2D eigenvalue weighted by atomic mass is 16.5. The molecule has 1 fully saturated rings. The number of anilines is 2. The molecule has 1 aliphatic rings. The summed E-state index contributed by atoms with van der Waals surface area (Å²) in [6.07, 6.45) is 0.215. The smallest absolute Gasteiger partial charge is 0.229 e. The summed E-state index contributed by atoms with van der Waals surface area (Å²) < 4.78 is 5.91. The van der Waals surface area contributed by atoms with Crippen LogP contribution in [0.4, 0.5) is 11.4 Å². The molecular weight excluding hydrogens is 400 g/mol. The molecule has 3 aromatic rings. The summed E-state index contributed by atoms with van der Waals surface area (Å²) in [6, 6.07) is 19.3. The van der Waals surface area contributed by atoms with Crippen molar-refractivity contribution in [1.82, 2.24) is 0 Å². The minimum Gasteiger partial charge on any atom is -0.457 e. The van der Waals surface area contributed by atoms with Gasteiger partial charge in [0.2, 0.25) is 11.8 Å². The van der Waals surface area contributed by atoms with E-state index in [1.807, 2.05) is 74.5 Å². The Hall–Kier alpha value is -3.60. The SMILES string of the molecule is Cc1ccc(C)c(N2C[C@H](C(=O)Nc3ccc(Oc4ccc(C)c(C)c4)cc3)CC2=O)c1. The Labute approximate surface area is 189 Å². The van der Waals surface area contributed by atoms with Gasteiger partial charge in [0.25, 0.3) is 0 Å². The summed E-state index contributed by atoms with van der Waals surface area (Å²) in [5.41, 5.74) is 6.08.